The van der Waals surface area contributed by atoms with Crippen LogP contribution >= 0.6 is 11.6 Å². The first-order valence-corrected chi connectivity index (χ1v) is 10.7. The molecule has 0 saturated heterocycles. The molecule has 0 aliphatic heterocycles. The van der Waals surface area contributed by atoms with E-state index in [2.05, 4.69) is 31.7 Å². The Labute approximate surface area is 191 Å². The Morgan fingerprint density at radius 1 is 0.906 bits per heavy atom. The number of ether oxygens (including phenoxy) is 1. The molecule has 0 amide bonds. The minimum Gasteiger partial charge on any atom is -0.496 e. The van der Waals surface area contributed by atoms with Crippen LogP contribution in [0.3, 0.4) is 0 Å². The molecule has 0 fully saturated rings. The molecule has 0 radical (unpaired) electrons. The average Bonchev–Trinajstić information content (AvgIpc) is 3.24. The van der Waals surface area contributed by atoms with E-state index >= 15 is 0 Å². The molecule has 0 saturated carbocycles. The molecule has 0 bridgehead atoms. The van der Waals surface area contributed by atoms with Crippen LogP contribution in [0.4, 0.5) is 0 Å². The van der Waals surface area contributed by atoms with E-state index < -0.39 is 0 Å². The van der Waals surface area contributed by atoms with Crippen molar-refractivity contribution in [3.63, 3.8) is 0 Å². The van der Waals surface area contributed by atoms with Crippen molar-refractivity contribution in [2.75, 3.05) is 7.11 Å². The van der Waals surface area contributed by atoms with Crippen molar-refractivity contribution in [1.82, 2.24) is 19.5 Å². The van der Waals surface area contributed by atoms with E-state index in [1.807, 2.05) is 67.0 Å². The number of para-hydroxylation sites is 3. The zero-order valence-corrected chi connectivity index (χ0v) is 18.3. The molecule has 5 rings (SSSR count). The maximum Gasteiger partial charge on any atom is 0.128 e. The van der Waals surface area contributed by atoms with Crippen LogP contribution in [0.2, 0.25) is 5.02 Å². The lowest BCUT2D eigenvalue weighted by atomic mass is 10.0. The summed E-state index contributed by atoms with van der Waals surface area (Å²) >= 11 is 6.53. The van der Waals surface area contributed by atoms with E-state index in [0.29, 0.717) is 13.0 Å². The summed E-state index contributed by atoms with van der Waals surface area (Å²) < 4.78 is 7.60. The SMILES string of the molecule is COc1ccccc1-c1cc(Cc2ccc(Cl)c(Cn3cnc4ccccc43)c2)ncn1. The van der Waals surface area contributed by atoms with Crippen LogP contribution < -0.4 is 4.74 Å². The van der Waals surface area contributed by atoms with Crippen molar-refractivity contribution in [2.24, 2.45) is 0 Å². The number of rotatable bonds is 6. The Morgan fingerprint density at radius 3 is 2.66 bits per heavy atom. The summed E-state index contributed by atoms with van der Waals surface area (Å²) in [4.78, 5) is 13.4. The lowest BCUT2D eigenvalue weighted by Crippen LogP contribution is -2.01. The van der Waals surface area contributed by atoms with E-state index in [9.17, 15) is 0 Å². The molecule has 2 heterocycles. The Bertz CT molecular complexity index is 1400. The van der Waals surface area contributed by atoms with Gasteiger partial charge in [-0.1, -0.05) is 48.0 Å². The van der Waals surface area contributed by atoms with Crippen LogP contribution in [-0.2, 0) is 13.0 Å². The van der Waals surface area contributed by atoms with E-state index in [1.54, 1.807) is 13.4 Å². The highest BCUT2D eigenvalue weighted by Gasteiger charge is 2.10. The maximum absolute atomic E-state index is 6.53. The molecule has 0 aliphatic carbocycles. The lowest BCUT2D eigenvalue weighted by Gasteiger charge is -2.11. The van der Waals surface area contributed by atoms with Gasteiger partial charge in [-0.25, -0.2) is 15.0 Å². The fraction of sp³-hybridized carbons (Fsp3) is 0.115. The van der Waals surface area contributed by atoms with Gasteiger partial charge in [-0.3, -0.25) is 0 Å². The van der Waals surface area contributed by atoms with Gasteiger partial charge in [0, 0.05) is 22.7 Å². The summed E-state index contributed by atoms with van der Waals surface area (Å²) in [5, 5.41) is 0.740. The van der Waals surface area contributed by atoms with Gasteiger partial charge in [-0.2, -0.15) is 0 Å². The van der Waals surface area contributed by atoms with Crippen molar-refractivity contribution >= 4 is 22.6 Å². The van der Waals surface area contributed by atoms with Crippen LogP contribution in [0.25, 0.3) is 22.3 Å². The van der Waals surface area contributed by atoms with Gasteiger partial charge in [0.1, 0.15) is 12.1 Å². The summed E-state index contributed by atoms with van der Waals surface area (Å²) in [6.45, 7) is 0.656. The van der Waals surface area contributed by atoms with E-state index in [0.717, 1.165) is 49.9 Å². The second kappa shape index (κ2) is 8.81. The fourth-order valence-electron chi connectivity index (χ4n) is 3.89. The Kier molecular flexibility index (Phi) is 5.57. The molecule has 5 aromatic rings. The van der Waals surface area contributed by atoms with Crippen LogP contribution in [-0.4, -0.2) is 26.6 Å². The van der Waals surface area contributed by atoms with Gasteiger partial charge in [0.05, 0.1) is 36.7 Å². The van der Waals surface area contributed by atoms with Gasteiger partial charge in [0.2, 0.25) is 0 Å². The molecule has 0 N–H and O–H groups in total. The molecule has 0 atom stereocenters. The molecule has 0 unspecified atom stereocenters. The topological polar surface area (TPSA) is 52.8 Å². The Morgan fingerprint density at radius 2 is 1.75 bits per heavy atom. The Hall–Kier alpha value is -3.70. The number of nitrogens with zero attached hydrogens (tertiary/aromatic N) is 4. The second-order valence-electron chi connectivity index (χ2n) is 7.56. The van der Waals surface area contributed by atoms with E-state index in [4.69, 9.17) is 16.3 Å². The van der Waals surface area contributed by atoms with Crippen LogP contribution in [0, 0.1) is 0 Å². The van der Waals surface area contributed by atoms with Gasteiger partial charge in [0.15, 0.2) is 0 Å². The van der Waals surface area contributed by atoms with Gasteiger partial charge in [0.25, 0.3) is 0 Å². The molecule has 2 aromatic heterocycles. The highest BCUT2D eigenvalue weighted by atomic mass is 35.5. The second-order valence-corrected chi connectivity index (χ2v) is 7.97. The smallest absolute Gasteiger partial charge is 0.128 e. The highest BCUT2D eigenvalue weighted by molar-refractivity contribution is 6.31. The minimum atomic E-state index is 0.656. The normalized spacial score (nSPS) is 11.1. The number of imidazole rings is 1. The highest BCUT2D eigenvalue weighted by Crippen LogP contribution is 2.28. The van der Waals surface area contributed by atoms with E-state index in [-0.39, 0.29) is 0 Å². The third-order valence-electron chi connectivity index (χ3n) is 5.47. The maximum atomic E-state index is 6.53. The zero-order chi connectivity index (χ0) is 21.9. The molecular weight excluding hydrogens is 420 g/mol. The lowest BCUT2D eigenvalue weighted by molar-refractivity contribution is 0.416. The first kappa shape index (κ1) is 20.2. The number of methoxy groups -OCH3 is 1. The van der Waals surface area contributed by atoms with Crippen LogP contribution in [0.1, 0.15) is 16.8 Å². The third-order valence-corrected chi connectivity index (χ3v) is 5.84. The fourth-order valence-corrected chi connectivity index (χ4v) is 4.06. The van der Waals surface area contributed by atoms with Crippen molar-refractivity contribution in [2.45, 2.75) is 13.0 Å². The summed E-state index contributed by atoms with van der Waals surface area (Å²) in [6.07, 6.45) is 4.14. The van der Waals surface area contributed by atoms with Crippen molar-refractivity contribution in [3.8, 4) is 17.0 Å². The van der Waals surface area contributed by atoms with Gasteiger partial charge in [-0.05, 0) is 47.5 Å². The number of benzene rings is 3. The number of halogens is 1. The molecule has 0 spiro atoms. The predicted molar refractivity (Wildman–Crippen MR) is 127 cm³/mol. The quantitative estimate of drug-likeness (QED) is 0.335. The van der Waals surface area contributed by atoms with Gasteiger partial charge in [-0.15, -0.1) is 0 Å². The van der Waals surface area contributed by atoms with Gasteiger partial charge < -0.3 is 9.30 Å². The minimum absolute atomic E-state index is 0.656. The summed E-state index contributed by atoms with van der Waals surface area (Å²) in [7, 11) is 1.67. The number of fused-ring (bicyclic) bond motifs is 1. The number of hydrogen-bond donors (Lipinski definition) is 0. The molecule has 6 heteroatoms. The molecule has 3 aromatic carbocycles. The van der Waals surface area contributed by atoms with Gasteiger partial charge >= 0.3 is 0 Å². The number of aromatic nitrogens is 4. The summed E-state index contributed by atoms with van der Waals surface area (Å²) in [5.74, 6) is 0.790. The van der Waals surface area contributed by atoms with Crippen molar-refractivity contribution in [1.29, 1.82) is 0 Å². The van der Waals surface area contributed by atoms with E-state index in [1.165, 1.54) is 0 Å². The summed E-state index contributed by atoms with van der Waals surface area (Å²) in [5.41, 5.74) is 6.97. The molecule has 5 nitrogen and oxygen atoms in total. The largest absolute Gasteiger partial charge is 0.496 e. The number of hydrogen-bond acceptors (Lipinski definition) is 4. The monoisotopic (exact) mass is 440 g/mol. The predicted octanol–water partition coefficient (Wildman–Crippen LogP) is 5.79. The Balaban J connectivity index is 1.42. The first-order valence-electron chi connectivity index (χ1n) is 10.3. The van der Waals surface area contributed by atoms with Crippen LogP contribution in [0.5, 0.6) is 5.75 Å². The van der Waals surface area contributed by atoms with Crippen molar-refractivity contribution in [3.05, 3.63) is 107 Å². The van der Waals surface area contributed by atoms with Crippen LogP contribution in [0.15, 0.2) is 85.5 Å². The average molecular weight is 441 g/mol. The molecular formula is C26H21ClN4O. The third kappa shape index (κ3) is 4.07. The molecule has 0 aliphatic rings. The van der Waals surface area contributed by atoms with Crippen molar-refractivity contribution < 1.29 is 4.74 Å². The molecule has 32 heavy (non-hydrogen) atoms. The zero-order valence-electron chi connectivity index (χ0n) is 17.6. The summed E-state index contributed by atoms with van der Waals surface area (Å²) in [6, 6.07) is 24.1. The standard InChI is InChI=1S/C26H21ClN4O/c1-32-26-9-5-2-6-21(26)24-14-20(28-16-29-24)13-18-10-11-22(27)19(12-18)15-31-17-30-23-7-3-4-8-25(23)31/h2-12,14,16-17H,13,15H2,1H3. The molecule has 158 valence electrons. The first-order chi connectivity index (χ1) is 15.7.